The van der Waals surface area contributed by atoms with Crippen molar-refractivity contribution in [2.24, 2.45) is 10.5 Å². The summed E-state index contributed by atoms with van der Waals surface area (Å²) in [6, 6.07) is 6.53. The van der Waals surface area contributed by atoms with Crippen LogP contribution in [0.2, 0.25) is 10.0 Å². The van der Waals surface area contributed by atoms with Crippen molar-refractivity contribution in [2.75, 3.05) is 11.7 Å². The van der Waals surface area contributed by atoms with Crippen LogP contribution in [0.25, 0.3) is 0 Å². The first-order chi connectivity index (χ1) is 18.7. The fraction of sp³-hybridized carbons (Fsp3) is 0.423. The van der Waals surface area contributed by atoms with Crippen molar-refractivity contribution in [1.29, 1.82) is 0 Å². The number of nitrogens with zero attached hydrogens (tertiary/aromatic N) is 2. The van der Waals surface area contributed by atoms with Gasteiger partial charge in [-0.2, -0.15) is 5.10 Å². The molecule has 1 spiro atoms. The number of carbonyl (C=O) groups is 2. The summed E-state index contributed by atoms with van der Waals surface area (Å²) in [6.07, 6.45) is -2.91. The van der Waals surface area contributed by atoms with Crippen LogP contribution in [0.1, 0.15) is 43.0 Å². The van der Waals surface area contributed by atoms with Crippen LogP contribution in [-0.4, -0.2) is 52.6 Å². The second-order valence-electron chi connectivity index (χ2n) is 11.1. The average molecular weight is 601 g/mol. The summed E-state index contributed by atoms with van der Waals surface area (Å²) >= 11 is 12.7. The van der Waals surface area contributed by atoms with Gasteiger partial charge in [-0.1, -0.05) is 23.2 Å². The fourth-order valence-corrected chi connectivity index (χ4v) is 7.19. The van der Waals surface area contributed by atoms with E-state index < -0.39 is 46.2 Å². The Bertz CT molecular complexity index is 1480. The van der Waals surface area contributed by atoms with Gasteiger partial charge in [0.25, 0.3) is 18.2 Å². The highest BCUT2D eigenvalue weighted by atomic mass is 35.5. The Morgan fingerprint density at radius 2 is 1.85 bits per heavy atom. The minimum absolute atomic E-state index is 0.0172. The summed E-state index contributed by atoms with van der Waals surface area (Å²) in [5.41, 5.74) is -5.98. The lowest BCUT2D eigenvalue weighted by molar-refractivity contribution is -0.115. The standard InChI is InChI=1S/C26H22Cl2F4N4O4/c1-23(31)7-24-9-26(24,10-25(24,32)8-23)34-21(38)14-6-13(2-3-17(14)37)40-19-15(27)4-12(5-16(19)28)36-11-33-22(39)18(35-36)20(29)30/h2-6,20,37H,7-11H2,1H3,(H,33,39)(H,34,38). The van der Waals surface area contributed by atoms with Crippen LogP contribution in [0, 0.1) is 5.41 Å². The molecule has 212 valence electrons. The summed E-state index contributed by atoms with van der Waals surface area (Å²) in [6.45, 7) is 1.18. The van der Waals surface area contributed by atoms with Gasteiger partial charge < -0.3 is 20.5 Å². The molecule has 4 atom stereocenters. The molecule has 2 aromatic carbocycles. The number of anilines is 1. The lowest BCUT2D eigenvalue weighted by atomic mass is 9.68. The van der Waals surface area contributed by atoms with Crippen molar-refractivity contribution in [3.63, 3.8) is 0 Å². The summed E-state index contributed by atoms with van der Waals surface area (Å²) in [7, 11) is 0. The van der Waals surface area contributed by atoms with Crippen molar-refractivity contribution in [2.45, 2.75) is 55.9 Å². The molecule has 1 heterocycles. The molecule has 6 rings (SSSR count). The van der Waals surface area contributed by atoms with Crippen LogP contribution in [0.5, 0.6) is 17.2 Å². The van der Waals surface area contributed by atoms with E-state index in [9.17, 15) is 27.9 Å². The van der Waals surface area contributed by atoms with E-state index in [1.165, 1.54) is 37.3 Å². The Hall–Kier alpha value is -3.25. The normalized spacial score (nSPS) is 32.0. The first-order valence-electron chi connectivity index (χ1n) is 12.3. The molecule has 40 heavy (non-hydrogen) atoms. The predicted octanol–water partition coefficient (Wildman–Crippen LogP) is 5.50. The summed E-state index contributed by atoms with van der Waals surface area (Å²) in [4.78, 5) is 24.7. The Morgan fingerprint density at radius 1 is 1.15 bits per heavy atom. The van der Waals surface area contributed by atoms with Gasteiger partial charge in [-0.05, 0) is 50.1 Å². The van der Waals surface area contributed by atoms with Gasteiger partial charge in [0.05, 0.1) is 26.8 Å². The number of hydrogen-bond donors (Lipinski definition) is 3. The van der Waals surface area contributed by atoms with Crippen LogP contribution < -0.4 is 20.4 Å². The first kappa shape index (κ1) is 26.9. The monoisotopic (exact) mass is 600 g/mol. The number of aromatic hydroxyl groups is 1. The van der Waals surface area contributed by atoms with Crippen LogP contribution in [0.15, 0.2) is 35.4 Å². The molecule has 0 bridgehead atoms. The molecule has 1 aliphatic heterocycles. The largest absolute Gasteiger partial charge is 0.507 e. The number of halogens is 6. The number of alkyl halides is 4. The molecule has 8 nitrogen and oxygen atoms in total. The highest BCUT2D eigenvalue weighted by molar-refractivity contribution is 6.41. The molecule has 4 unspecified atom stereocenters. The molecular weight excluding hydrogens is 579 g/mol. The third-order valence-corrected chi connectivity index (χ3v) is 8.84. The number of rotatable bonds is 6. The number of phenols is 1. The Morgan fingerprint density at radius 3 is 2.50 bits per heavy atom. The Balaban J connectivity index is 1.20. The Kier molecular flexibility index (Phi) is 5.81. The zero-order valence-corrected chi connectivity index (χ0v) is 22.3. The van der Waals surface area contributed by atoms with Crippen molar-refractivity contribution in [3.8, 4) is 17.2 Å². The summed E-state index contributed by atoms with van der Waals surface area (Å²) < 4.78 is 61.8. The molecule has 3 aliphatic carbocycles. The molecular formula is C26H22Cl2F4N4O4. The van der Waals surface area contributed by atoms with E-state index >= 15 is 4.39 Å². The predicted molar refractivity (Wildman–Crippen MR) is 138 cm³/mol. The van der Waals surface area contributed by atoms with E-state index in [2.05, 4.69) is 15.7 Å². The number of hydrogen-bond acceptors (Lipinski definition) is 6. The minimum Gasteiger partial charge on any atom is -0.507 e. The van der Waals surface area contributed by atoms with E-state index in [1.807, 2.05) is 0 Å². The SMILES string of the molecule is CC1(F)CC2(F)CC3(NC(=O)c4cc(Oc5c(Cl)cc(N6CNC(=O)C(C(F)F)=N6)cc5Cl)ccc4O)CC23C1. The lowest BCUT2D eigenvalue weighted by Crippen LogP contribution is -2.58. The first-order valence-corrected chi connectivity index (χ1v) is 13.1. The van der Waals surface area contributed by atoms with E-state index in [-0.39, 0.29) is 64.5 Å². The maximum absolute atomic E-state index is 15.2. The van der Waals surface area contributed by atoms with Crippen LogP contribution in [-0.2, 0) is 4.79 Å². The van der Waals surface area contributed by atoms with Crippen molar-refractivity contribution in [3.05, 3.63) is 45.9 Å². The molecule has 3 fully saturated rings. The highest BCUT2D eigenvalue weighted by Crippen LogP contribution is 2.84. The van der Waals surface area contributed by atoms with E-state index in [4.69, 9.17) is 27.9 Å². The highest BCUT2D eigenvalue weighted by Gasteiger charge is 2.91. The number of hydrazone groups is 1. The van der Waals surface area contributed by atoms with Gasteiger partial charge >= 0.3 is 0 Å². The van der Waals surface area contributed by atoms with Crippen LogP contribution >= 0.6 is 23.2 Å². The van der Waals surface area contributed by atoms with Gasteiger partial charge in [-0.25, -0.2) is 22.6 Å². The summed E-state index contributed by atoms with van der Waals surface area (Å²) in [5.74, 6) is -1.95. The fourth-order valence-electron chi connectivity index (χ4n) is 6.63. The molecule has 2 amide bonds. The molecule has 2 aromatic rings. The number of benzene rings is 2. The van der Waals surface area contributed by atoms with Gasteiger partial charge in [-0.3, -0.25) is 9.59 Å². The molecule has 14 heteroatoms. The molecule has 4 aliphatic rings. The second kappa shape index (κ2) is 8.62. The Labute approximate surface area is 235 Å². The van der Waals surface area contributed by atoms with Gasteiger partial charge in [0, 0.05) is 18.3 Å². The maximum Gasteiger partial charge on any atom is 0.287 e. The number of phenolic OH excluding ortho intramolecular Hbond substituents is 1. The number of nitrogens with one attached hydrogen (secondary N) is 2. The van der Waals surface area contributed by atoms with Gasteiger partial charge in [-0.15, -0.1) is 0 Å². The maximum atomic E-state index is 15.2. The summed E-state index contributed by atoms with van der Waals surface area (Å²) in [5, 5.41) is 20.1. The number of carbonyl (C=O) groups excluding carboxylic acids is 2. The van der Waals surface area contributed by atoms with Crippen molar-refractivity contribution < 1.29 is 37.0 Å². The molecule has 0 saturated heterocycles. The topological polar surface area (TPSA) is 103 Å². The molecule has 3 N–H and O–H groups in total. The third kappa shape index (κ3) is 3.98. The van der Waals surface area contributed by atoms with Gasteiger partial charge in [0.15, 0.2) is 11.5 Å². The van der Waals surface area contributed by atoms with Gasteiger partial charge in [0.2, 0.25) is 0 Å². The third-order valence-electron chi connectivity index (χ3n) is 8.28. The number of ether oxygens (including phenoxy) is 1. The van der Waals surface area contributed by atoms with Crippen molar-refractivity contribution in [1.82, 2.24) is 10.6 Å². The van der Waals surface area contributed by atoms with Crippen molar-refractivity contribution >= 4 is 46.4 Å². The lowest BCUT2D eigenvalue weighted by Gasteiger charge is -2.44. The van der Waals surface area contributed by atoms with E-state index in [0.29, 0.717) is 6.42 Å². The average Bonchev–Trinajstić information content (AvgIpc) is 3.33. The molecule has 0 aromatic heterocycles. The van der Waals surface area contributed by atoms with E-state index in [1.54, 1.807) is 0 Å². The zero-order chi connectivity index (χ0) is 28.8. The molecule has 3 saturated carbocycles. The smallest absolute Gasteiger partial charge is 0.287 e. The quantitative estimate of drug-likeness (QED) is 0.380. The van der Waals surface area contributed by atoms with Crippen LogP contribution in [0.3, 0.4) is 0 Å². The zero-order valence-electron chi connectivity index (χ0n) is 20.8. The molecule has 0 radical (unpaired) electrons. The van der Waals surface area contributed by atoms with Crippen LogP contribution in [0.4, 0.5) is 23.2 Å². The number of amides is 2. The minimum atomic E-state index is -3.09. The second-order valence-corrected chi connectivity index (χ2v) is 11.9. The van der Waals surface area contributed by atoms with Gasteiger partial charge in [0.1, 0.15) is 29.5 Å². The van der Waals surface area contributed by atoms with E-state index in [0.717, 1.165) is 5.01 Å².